The molecule has 2 nitrogen and oxygen atoms in total. The summed E-state index contributed by atoms with van der Waals surface area (Å²) in [6.45, 7) is 7.08. The molecule has 0 saturated carbocycles. The van der Waals surface area contributed by atoms with Crippen molar-refractivity contribution in [1.82, 2.24) is 0 Å². The van der Waals surface area contributed by atoms with E-state index in [0.29, 0.717) is 12.0 Å². The van der Waals surface area contributed by atoms with Crippen LogP contribution in [0, 0.1) is 5.92 Å². The predicted molar refractivity (Wildman–Crippen MR) is 49.2 cm³/mol. The molecule has 0 amide bonds. The van der Waals surface area contributed by atoms with E-state index in [4.69, 9.17) is 9.47 Å². The molecule has 0 bridgehead atoms. The third kappa shape index (κ3) is 2.76. The molecule has 0 N–H and O–H groups in total. The maximum atomic E-state index is 5.51. The molecule has 1 aliphatic heterocycles. The lowest BCUT2D eigenvalue weighted by Gasteiger charge is -2.33. The van der Waals surface area contributed by atoms with Crippen molar-refractivity contribution >= 4 is 0 Å². The Morgan fingerprint density at radius 2 is 2.25 bits per heavy atom. The lowest BCUT2D eigenvalue weighted by molar-refractivity contribution is -0.103. The molecular formula is C10H20O2. The van der Waals surface area contributed by atoms with Crippen molar-refractivity contribution in [3.8, 4) is 0 Å². The number of ether oxygens (including phenoxy) is 2. The van der Waals surface area contributed by atoms with Crippen LogP contribution in [0.5, 0.6) is 0 Å². The van der Waals surface area contributed by atoms with E-state index in [9.17, 15) is 0 Å². The Morgan fingerprint density at radius 1 is 1.50 bits per heavy atom. The minimum Gasteiger partial charge on any atom is -0.381 e. The zero-order valence-corrected chi connectivity index (χ0v) is 8.21. The van der Waals surface area contributed by atoms with Gasteiger partial charge in [-0.3, -0.25) is 0 Å². The first-order valence-corrected chi connectivity index (χ1v) is 5.07. The van der Waals surface area contributed by atoms with Gasteiger partial charge in [-0.25, -0.2) is 0 Å². The maximum Gasteiger partial charge on any atom is 0.0647 e. The number of hydrogen-bond acceptors (Lipinski definition) is 2. The second kappa shape index (κ2) is 5.55. The van der Waals surface area contributed by atoms with Gasteiger partial charge in [-0.05, 0) is 19.3 Å². The van der Waals surface area contributed by atoms with E-state index < -0.39 is 0 Å². The van der Waals surface area contributed by atoms with Crippen LogP contribution in [0.1, 0.15) is 33.1 Å². The first-order valence-electron chi connectivity index (χ1n) is 5.07. The molecule has 2 atom stereocenters. The van der Waals surface area contributed by atoms with Crippen molar-refractivity contribution < 1.29 is 9.47 Å². The van der Waals surface area contributed by atoms with Crippen LogP contribution in [0.3, 0.4) is 0 Å². The van der Waals surface area contributed by atoms with Gasteiger partial charge >= 0.3 is 0 Å². The molecule has 1 aliphatic rings. The fraction of sp³-hybridized carbons (Fsp3) is 1.00. The van der Waals surface area contributed by atoms with Gasteiger partial charge in [-0.1, -0.05) is 13.8 Å². The first-order chi connectivity index (χ1) is 5.88. The van der Waals surface area contributed by atoms with Crippen LogP contribution in [0.4, 0.5) is 0 Å². The molecule has 1 saturated heterocycles. The smallest absolute Gasteiger partial charge is 0.0647 e. The third-order valence-corrected chi connectivity index (χ3v) is 2.46. The summed E-state index contributed by atoms with van der Waals surface area (Å²) in [5, 5.41) is 0. The van der Waals surface area contributed by atoms with E-state index in [2.05, 4.69) is 13.8 Å². The highest BCUT2D eigenvalue weighted by molar-refractivity contribution is 4.74. The van der Waals surface area contributed by atoms with Gasteiger partial charge in [0.15, 0.2) is 0 Å². The van der Waals surface area contributed by atoms with Crippen molar-refractivity contribution in [1.29, 1.82) is 0 Å². The van der Waals surface area contributed by atoms with Gasteiger partial charge in [0.05, 0.1) is 12.7 Å². The van der Waals surface area contributed by atoms with Crippen LogP contribution >= 0.6 is 0 Å². The summed E-state index contributed by atoms with van der Waals surface area (Å²) < 4.78 is 10.9. The zero-order valence-electron chi connectivity index (χ0n) is 8.21. The predicted octanol–water partition coefficient (Wildman–Crippen LogP) is 2.23. The minimum absolute atomic E-state index is 0.492. The molecule has 0 aromatic rings. The summed E-state index contributed by atoms with van der Waals surface area (Å²) in [5.74, 6) is 0.630. The molecule has 1 fully saturated rings. The lowest BCUT2D eigenvalue weighted by Crippen LogP contribution is -2.36. The largest absolute Gasteiger partial charge is 0.381 e. The highest BCUT2D eigenvalue weighted by Crippen LogP contribution is 2.23. The van der Waals surface area contributed by atoms with Crippen LogP contribution in [-0.2, 0) is 9.47 Å². The van der Waals surface area contributed by atoms with Gasteiger partial charge in [-0.15, -0.1) is 0 Å². The molecule has 2 heteroatoms. The van der Waals surface area contributed by atoms with Gasteiger partial charge < -0.3 is 9.47 Å². The maximum absolute atomic E-state index is 5.51. The van der Waals surface area contributed by atoms with E-state index in [1.54, 1.807) is 0 Å². The summed E-state index contributed by atoms with van der Waals surface area (Å²) in [6, 6.07) is 0. The second-order valence-electron chi connectivity index (χ2n) is 3.44. The van der Waals surface area contributed by atoms with Crippen molar-refractivity contribution in [2.45, 2.75) is 39.2 Å². The van der Waals surface area contributed by atoms with E-state index in [0.717, 1.165) is 26.2 Å². The van der Waals surface area contributed by atoms with Crippen molar-refractivity contribution in [3.05, 3.63) is 0 Å². The molecule has 0 spiro atoms. The highest BCUT2D eigenvalue weighted by atomic mass is 16.5. The second-order valence-corrected chi connectivity index (χ2v) is 3.44. The van der Waals surface area contributed by atoms with Gasteiger partial charge in [0.1, 0.15) is 0 Å². The molecule has 72 valence electrons. The molecule has 0 radical (unpaired) electrons. The third-order valence-electron chi connectivity index (χ3n) is 2.46. The van der Waals surface area contributed by atoms with Crippen LogP contribution in [0.2, 0.25) is 0 Å². The zero-order chi connectivity index (χ0) is 8.81. The Bertz CT molecular complexity index is 110. The molecule has 1 rings (SSSR count). The minimum atomic E-state index is 0.492. The molecule has 0 aliphatic carbocycles. The Morgan fingerprint density at radius 3 is 2.67 bits per heavy atom. The normalized spacial score (nSPS) is 25.0. The van der Waals surface area contributed by atoms with Gasteiger partial charge in [0.2, 0.25) is 0 Å². The molecule has 1 heterocycles. The SMILES string of the molecule is CCCOCC(CC)C1CCO1. The van der Waals surface area contributed by atoms with Gasteiger partial charge in [0.25, 0.3) is 0 Å². The lowest BCUT2D eigenvalue weighted by atomic mass is 9.95. The summed E-state index contributed by atoms with van der Waals surface area (Å²) >= 11 is 0. The average Bonchev–Trinajstić information content (AvgIpc) is 1.99. The van der Waals surface area contributed by atoms with E-state index in [1.807, 2.05) is 0 Å². The summed E-state index contributed by atoms with van der Waals surface area (Å²) in [4.78, 5) is 0. The van der Waals surface area contributed by atoms with Crippen molar-refractivity contribution in [3.63, 3.8) is 0 Å². The molecule has 2 unspecified atom stereocenters. The van der Waals surface area contributed by atoms with Crippen molar-refractivity contribution in [2.75, 3.05) is 19.8 Å². The monoisotopic (exact) mass is 172 g/mol. The quantitative estimate of drug-likeness (QED) is 0.572. The molecular weight excluding hydrogens is 152 g/mol. The number of rotatable bonds is 6. The van der Waals surface area contributed by atoms with E-state index >= 15 is 0 Å². The van der Waals surface area contributed by atoms with Crippen LogP contribution in [0.15, 0.2) is 0 Å². The fourth-order valence-electron chi connectivity index (χ4n) is 1.49. The summed E-state index contributed by atoms with van der Waals surface area (Å²) in [5.41, 5.74) is 0. The summed E-state index contributed by atoms with van der Waals surface area (Å²) in [6.07, 6.45) is 4.01. The Kier molecular flexibility index (Phi) is 4.62. The Labute approximate surface area is 75.2 Å². The summed E-state index contributed by atoms with van der Waals surface area (Å²) in [7, 11) is 0. The van der Waals surface area contributed by atoms with Crippen LogP contribution < -0.4 is 0 Å². The first kappa shape index (κ1) is 10.0. The topological polar surface area (TPSA) is 18.5 Å². The average molecular weight is 172 g/mol. The van der Waals surface area contributed by atoms with Gasteiger partial charge in [-0.2, -0.15) is 0 Å². The van der Waals surface area contributed by atoms with Crippen LogP contribution in [0.25, 0.3) is 0 Å². The Hall–Kier alpha value is -0.0800. The van der Waals surface area contributed by atoms with E-state index in [-0.39, 0.29) is 0 Å². The van der Waals surface area contributed by atoms with Crippen LogP contribution in [-0.4, -0.2) is 25.9 Å². The number of hydrogen-bond donors (Lipinski definition) is 0. The fourth-order valence-corrected chi connectivity index (χ4v) is 1.49. The molecule has 12 heavy (non-hydrogen) atoms. The highest BCUT2D eigenvalue weighted by Gasteiger charge is 2.26. The van der Waals surface area contributed by atoms with E-state index in [1.165, 1.54) is 12.8 Å². The standard InChI is InChI=1S/C10H20O2/c1-3-6-11-8-9(4-2)10-5-7-12-10/h9-10H,3-8H2,1-2H3. The molecule has 0 aromatic carbocycles. The van der Waals surface area contributed by atoms with Gasteiger partial charge in [0, 0.05) is 19.1 Å². The molecule has 0 aromatic heterocycles. The Balaban J connectivity index is 2.07. The van der Waals surface area contributed by atoms with Crippen molar-refractivity contribution in [2.24, 2.45) is 5.92 Å².